The van der Waals surface area contributed by atoms with Crippen molar-refractivity contribution in [2.24, 2.45) is 0 Å². The van der Waals surface area contributed by atoms with Crippen LogP contribution in [0.3, 0.4) is 0 Å². The summed E-state index contributed by atoms with van der Waals surface area (Å²) >= 11 is 0. The number of hydrogen-bond donors (Lipinski definition) is 1. The number of amides is 1. The van der Waals surface area contributed by atoms with Gasteiger partial charge in [-0.15, -0.1) is 0 Å². The summed E-state index contributed by atoms with van der Waals surface area (Å²) in [6.07, 6.45) is 2.04. The molecule has 1 aliphatic heterocycles. The predicted octanol–water partition coefficient (Wildman–Crippen LogP) is 2.90. The van der Waals surface area contributed by atoms with Crippen molar-refractivity contribution >= 4 is 21.6 Å². The molecule has 1 amide bonds. The van der Waals surface area contributed by atoms with Crippen molar-refractivity contribution in [3.63, 3.8) is 0 Å². The molecule has 1 heterocycles. The third-order valence-corrected chi connectivity index (χ3v) is 6.29. The number of sulfonamides is 1. The number of carbonyl (C=O) groups is 1. The summed E-state index contributed by atoms with van der Waals surface area (Å²) in [5.74, 6) is -0.0219. The van der Waals surface area contributed by atoms with Crippen molar-refractivity contribution in [1.29, 1.82) is 0 Å². The minimum atomic E-state index is -3.60. The van der Waals surface area contributed by atoms with Crippen molar-refractivity contribution in [3.8, 4) is 0 Å². The molecule has 2 aromatic rings. The third kappa shape index (κ3) is 3.97. The molecule has 0 unspecified atom stereocenters. The van der Waals surface area contributed by atoms with Crippen LogP contribution < -0.4 is 9.62 Å². The molecule has 5 nitrogen and oxygen atoms in total. The lowest BCUT2D eigenvalue weighted by Gasteiger charge is -2.18. The number of nitrogens with zero attached hydrogens (tertiary/aromatic N) is 1. The Hall–Kier alpha value is -2.18. The lowest BCUT2D eigenvalue weighted by Crippen LogP contribution is -2.36. The van der Waals surface area contributed by atoms with Crippen LogP contribution in [0.1, 0.15) is 31.4 Å². The van der Waals surface area contributed by atoms with E-state index in [1.165, 1.54) is 6.92 Å². The highest BCUT2D eigenvalue weighted by atomic mass is 32.2. The number of rotatable bonds is 6. The van der Waals surface area contributed by atoms with Crippen LogP contribution >= 0.6 is 0 Å². The molecule has 2 aromatic carbocycles. The van der Waals surface area contributed by atoms with Gasteiger partial charge in [0.25, 0.3) is 0 Å². The first-order valence-corrected chi connectivity index (χ1v) is 10.4. The molecule has 0 bridgehead atoms. The zero-order chi connectivity index (χ0) is 18.7. The zero-order valence-electron chi connectivity index (χ0n) is 15.1. The van der Waals surface area contributed by atoms with E-state index in [9.17, 15) is 13.2 Å². The molecule has 0 saturated heterocycles. The van der Waals surface area contributed by atoms with Crippen LogP contribution in [0.25, 0.3) is 0 Å². The first-order valence-electron chi connectivity index (χ1n) is 8.88. The van der Waals surface area contributed by atoms with Crippen LogP contribution in [0.5, 0.6) is 0 Å². The van der Waals surface area contributed by atoms with Gasteiger partial charge in [-0.2, -0.15) is 0 Å². The third-order valence-electron chi connectivity index (χ3n) is 4.78. The fourth-order valence-electron chi connectivity index (χ4n) is 3.33. The Labute approximate surface area is 155 Å². The van der Waals surface area contributed by atoms with E-state index in [1.54, 1.807) is 23.1 Å². The summed E-state index contributed by atoms with van der Waals surface area (Å²) in [5, 5.41) is 0. The minimum Gasteiger partial charge on any atom is -0.312 e. The smallest absolute Gasteiger partial charge is 0.240 e. The van der Waals surface area contributed by atoms with Crippen LogP contribution in [-0.4, -0.2) is 26.9 Å². The van der Waals surface area contributed by atoms with Crippen molar-refractivity contribution in [2.75, 3.05) is 11.4 Å². The summed E-state index contributed by atoms with van der Waals surface area (Å²) in [4.78, 5) is 13.6. The zero-order valence-corrected chi connectivity index (χ0v) is 15.9. The second-order valence-electron chi connectivity index (χ2n) is 6.63. The van der Waals surface area contributed by atoms with E-state index >= 15 is 0 Å². The van der Waals surface area contributed by atoms with Crippen LogP contribution in [-0.2, 0) is 27.7 Å². The Kier molecular flexibility index (Phi) is 5.44. The maximum absolute atomic E-state index is 12.8. The van der Waals surface area contributed by atoms with Crippen LogP contribution in [0, 0.1) is 0 Å². The Morgan fingerprint density at radius 2 is 1.92 bits per heavy atom. The average Bonchev–Trinajstić information content (AvgIpc) is 3.05. The highest BCUT2D eigenvalue weighted by Gasteiger charge is 2.25. The van der Waals surface area contributed by atoms with Crippen molar-refractivity contribution in [3.05, 3.63) is 59.7 Å². The normalized spacial score (nSPS) is 14.9. The molecule has 0 aromatic heterocycles. The van der Waals surface area contributed by atoms with Gasteiger partial charge in [0.2, 0.25) is 15.9 Å². The lowest BCUT2D eigenvalue weighted by molar-refractivity contribution is -0.116. The molecule has 26 heavy (non-hydrogen) atoms. The summed E-state index contributed by atoms with van der Waals surface area (Å²) in [5.41, 5.74) is 2.82. The molecule has 0 fully saturated rings. The van der Waals surface area contributed by atoms with Gasteiger partial charge < -0.3 is 4.90 Å². The van der Waals surface area contributed by atoms with Crippen molar-refractivity contribution in [2.45, 2.75) is 44.0 Å². The number of benzene rings is 2. The standard InChI is InChI=1S/C20H24N2O3S/c1-3-18(13-16-7-5-4-6-8-16)21-26(24,25)19-9-10-20-17(14-19)11-12-22(20)15(2)23/h4-10,14,18,21H,3,11-13H2,1-2H3/t18-/m1/s1. The van der Waals surface area contributed by atoms with E-state index in [4.69, 9.17) is 0 Å². The Bertz CT molecular complexity index is 895. The van der Waals surface area contributed by atoms with E-state index in [-0.39, 0.29) is 16.8 Å². The van der Waals surface area contributed by atoms with Gasteiger partial charge in [0.15, 0.2) is 0 Å². The summed E-state index contributed by atoms with van der Waals surface area (Å²) in [6, 6.07) is 14.7. The molecular formula is C20H24N2O3S. The highest BCUT2D eigenvalue weighted by Crippen LogP contribution is 2.30. The van der Waals surface area contributed by atoms with Gasteiger partial charge in [0.1, 0.15) is 0 Å². The lowest BCUT2D eigenvalue weighted by atomic mass is 10.1. The van der Waals surface area contributed by atoms with E-state index in [0.29, 0.717) is 25.8 Å². The van der Waals surface area contributed by atoms with Crippen molar-refractivity contribution in [1.82, 2.24) is 4.72 Å². The van der Waals surface area contributed by atoms with Crippen LogP contribution in [0.15, 0.2) is 53.4 Å². The van der Waals surface area contributed by atoms with E-state index in [0.717, 1.165) is 16.8 Å². The highest BCUT2D eigenvalue weighted by molar-refractivity contribution is 7.89. The molecule has 138 valence electrons. The van der Waals surface area contributed by atoms with Crippen LogP contribution in [0.2, 0.25) is 0 Å². The molecule has 0 radical (unpaired) electrons. The first kappa shape index (κ1) is 18.6. The fraction of sp³-hybridized carbons (Fsp3) is 0.350. The molecule has 0 saturated carbocycles. The van der Waals surface area contributed by atoms with Gasteiger partial charge in [0.05, 0.1) is 4.90 Å². The second-order valence-corrected chi connectivity index (χ2v) is 8.34. The summed E-state index contributed by atoms with van der Waals surface area (Å²) < 4.78 is 28.5. The van der Waals surface area contributed by atoms with Gasteiger partial charge >= 0.3 is 0 Å². The van der Waals surface area contributed by atoms with Gasteiger partial charge in [-0.05, 0) is 48.6 Å². The molecule has 0 spiro atoms. The van der Waals surface area contributed by atoms with Gasteiger partial charge in [-0.1, -0.05) is 37.3 Å². The summed E-state index contributed by atoms with van der Waals surface area (Å²) in [7, 11) is -3.60. The molecule has 1 N–H and O–H groups in total. The molecule has 1 atom stereocenters. The molecule has 6 heteroatoms. The minimum absolute atomic E-state index is 0.0219. The molecule has 1 aliphatic rings. The van der Waals surface area contributed by atoms with Gasteiger partial charge in [0, 0.05) is 25.2 Å². The van der Waals surface area contributed by atoms with Crippen molar-refractivity contribution < 1.29 is 13.2 Å². The Morgan fingerprint density at radius 1 is 1.19 bits per heavy atom. The molecule has 0 aliphatic carbocycles. The predicted molar refractivity (Wildman–Crippen MR) is 103 cm³/mol. The summed E-state index contributed by atoms with van der Waals surface area (Å²) in [6.45, 7) is 4.10. The molecular weight excluding hydrogens is 348 g/mol. The quantitative estimate of drug-likeness (QED) is 0.848. The van der Waals surface area contributed by atoms with Gasteiger partial charge in [-0.3, -0.25) is 4.79 Å². The second kappa shape index (κ2) is 7.60. The Balaban J connectivity index is 1.78. The Morgan fingerprint density at radius 3 is 2.58 bits per heavy atom. The fourth-order valence-corrected chi connectivity index (χ4v) is 4.70. The van der Waals surface area contributed by atoms with Crippen LogP contribution in [0.4, 0.5) is 5.69 Å². The maximum atomic E-state index is 12.8. The maximum Gasteiger partial charge on any atom is 0.240 e. The van der Waals surface area contributed by atoms with E-state index in [1.807, 2.05) is 37.3 Å². The number of carbonyl (C=O) groups excluding carboxylic acids is 1. The SMILES string of the molecule is CC[C@H](Cc1ccccc1)NS(=O)(=O)c1ccc2c(c1)CCN2C(C)=O. The number of anilines is 1. The average molecular weight is 372 g/mol. The number of fused-ring (bicyclic) bond motifs is 1. The number of nitrogens with one attached hydrogen (secondary N) is 1. The number of hydrogen-bond acceptors (Lipinski definition) is 3. The monoisotopic (exact) mass is 372 g/mol. The molecule has 3 rings (SSSR count). The largest absolute Gasteiger partial charge is 0.312 e. The van der Waals surface area contributed by atoms with Gasteiger partial charge in [-0.25, -0.2) is 13.1 Å². The topological polar surface area (TPSA) is 66.5 Å². The van der Waals surface area contributed by atoms with E-state index in [2.05, 4.69) is 4.72 Å². The first-order chi connectivity index (χ1) is 12.4. The van der Waals surface area contributed by atoms with E-state index < -0.39 is 10.0 Å².